The van der Waals surface area contributed by atoms with Crippen LogP contribution in [0, 0.1) is 5.92 Å². The molecule has 2 heteroatoms. The van der Waals surface area contributed by atoms with Crippen LogP contribution in [-0.2, 0) is 9.53 Å². The van der Waals surface area contributed by atoms with Gasteiger partial charge in [0.1, 0.15) is 5.60 Å². The Morgan fingerprint density at radius 1 is 1.38 bits per heavy atom. The Morgan fingerprint density at radius 2 is 2.08 bits per heavy atom. The van der Waals surface area contributed by atoms with Crippen molar-refractivity contribution in [3.63, 3.8) is 0 Å². The third-order valence-corrected chi connectivity index (χ3v) is 3.62. The highest BCUT2D eigenvalue weighted by molar-refractivity contribution is 5.88. The Labute approximate surface area is 79.7 Å². The van der Waals surface area contributed by atoms with E-state index >= 15 is 0 Å². The van der Waals surface area contributed by atoms with Gasteiger partial charge in [0.15, 0.2) is 5.78 Å². The Bertz CT molecular complexity index is 202. The lowest BCUT2D eigenvalue weighted by atomic mass is 9.80. The Kier molecular flexibility index (Phi) is 2.41. The van der Waals surface area contributed by atoms with Gasteiger partial charge in [-0.15, -0.1) is 0 Å². The summed E-state index contributed by atoms with van der Waals surface area (Å²) in [6.45, 7) is 2.66. The number of ketones is 1. The van der Waals surface area contributed by atoms with Crippen molar-refractivity contribution in [3.8, 4) is 0 Å². The topological polar surface area (TPSA) is 26.3 Å². The summed E-state index contributed by atoms with van der Waals surface area (Å²) >= 11 is 0. The molecule has 0 radical (unpaired) electrons. The lowest BCUT2D eigenvalue weighted by Crippen LogP contribution is -2.42. The number of rotatable bonds is 2. The molecule has 3 aliphatic rings. The van der Waals surface area contributed by atoms with E-state index in [1.165, 1.54) is 12.8 Å². The molecule has 3 fully saturated rings. The first-order valence-electron chi connectivity index (χ1n) is 5.44. The van der Waals surface area contributed by atoms with Gasteiger partial charge in [-0.25, -0.2) is 0 Å². The van der Waals surface area contributed by atoms with E-state index in [-0.39, 0.29) is 5.60 Å². The van der Waals surface area contributed by atoms with Crippen molar-refractivity contribution in [1.29, 1.82) is 0 Å². The first kappa shape index (κ1) is 9.20. The zero-order valence-electron chi connectivity index (χ0n) is 8.34. The predicted octanol–water partition coefficient (Wildman–Crippen LogP) is 2.31. The molecule has 0 amide bonds. The summed E-state index contributed by atoms with van der Waals surface area (Å²) in [5, 5.41) is 0. The molecular formula is C11H18O2. The predicted molar refractivity (Wildman–Crippen MR) is 50.6 cm³/mol. The monoisotopic (exact) mass is 182 g/mol. The van der Waals surface area contributed by atoms with Gasteiger partial charge >= 0.3 is 0 Å². The summed E-state index contributed by atoms with van der Waals surface area (Å²) < 4.78 is 5.70. The fraction of sp³-hybridized carbons (Fsp3) is 0.909. The van der Waals surface area contributed by atoms with Crippen LogP contribution in [-0.4, -0.2) is 18.0 Å². The quantitative estimate of drug-likeness (QED) is 0.655. The van der Waals surface area contributed by atoms with E-state index in [1.54, 1.807) is 0 Å². The zero-order chi connectivity index (χ0) is 9.31. The van der Waals surface area contributed by atoms with E-state index in [1.807, 2.05) is 6.92 Å². The van der Waals surface area contributed by atoms with E-state index in [4.69, 9.17) is 4.74 Å². The van der Waals surface area contributed by atoms with Crippen molar-refractivity contribution in [1.82, 2.24) is 0 Å². The standard InChI is InChI=1S/C11H18O2/c1-2-13-11-7-5-9(6-8-11)3-4-10(11)12/h9H,2-8H2,1H3. The third kappa shape index (κ3) is 1.52. The molecule has 0 N–H and O–H groups in total. The van der Waals surface area contributed by atoms with Gasteiger partial charge in [-0.3, -0.25) is 4.79 Å². The molecule has 0 aliphatic heterocycles. The van der Waals surface area contributed by atoms with Gasteiger partial charge < -0.3 is 4.74 Å². The lowest BCUT2D eigenvalue weighted by molar-refractivity contribution is -0.146. The number of carbonyl (C=O) groups is 1. The van der Waals surface area contributed by atoms with Gasteiger partial charge in [0.2, 0.25) is 0 Å². The number of ether oxygens (including phenoxy) is 1. The Hall–Kier alpha value is -0.370. The third-order valence-electron chi connectivity index (χ3n) is 3.62. The second-order valence-corrected chi connectivity index (χ2v) is 4.33. The van der Waals surface area contributed by atoms with E-state index in [9.17, 15) is 4.79 Å². The average molecular weight is 182 g/mol. The summed E-state index contributed by atoms with van der Waals surface area (Å²) in [5.74, 6) is 1.18. The summed E-state index contributed by atoms with van der Waals surface area (Å²) in [5.41, 5.74) is -0.359. The van der Waals surface area contributed by atoms with E-state index in [0.717, 1.165) is 31.6 Å². The van der Waals surface area contributed by atoms with Crippen molar-refractivity contribution in [2.75, 3.05) is 6.61 Å². The molecule has 3 saturated carbocycles. The average Bonchev–Trinajstić information content (AvgIpc) is 2.38. The molecule has 0 saturated heterocycles. The molecule has 2 nitrogen and oxygen atoms in total. The van der Waals surface area contributed by atoms with E-state index in [2.05, 4.69) is 0 Å². The summed E-state index contributed by atoms with van der Waals surface area (Å²) in [4.78, 5) is 11.9. The van der Waals surface area contributed by atoms with Crippen molar-refractivity contribution < 1.29 is 9.53 Å². The molecule has 0 aromatic rings. The minimum atomic E-state index is -0.359. The van der Waals surface area contributed by atoms with Gasteiger partial charge in [-0.2, -0.15) is 0 Å². The molecule has 0 heterocycles. The van der Waals surface area contributed by atoms with Crippen LogP contribution < -0.4 is 0 Å². The number of hydrogen-bond donors (Lipinski definition) is 0. The first-order chi connectivity index (χ1) is 6.27. The van der Waals surface area contributed by atoms with Crippen LogP contribution in [0.25, 0.3) is 0 Å². The number of hydrogen-bond acceptors (Lipinski definition) is 2. The number of Topliss-reactive ketones (excluding diaryl/α,β-unsaturated/α-hetero) is 1. The fourth-order valence-corrected chi connectivity index (χ4v) is 2.78. The van der Waals surface area contributed by atoms with Crippen LogP contribution in [0.1, 0.15) is 45.4 Å². The molecule has 3 rings (SSSR count). The fourth-order valence-electron chi connectivity index (χ4n) is 2.78. The maximum Gasteiger partial charge on any atom is 0.164 e. The zero-order valence-corrected chi connectivity index (χ0v) is 8.34. The smallest absolute Gasteiger partial charge is 0.164 e. The summed E-state index contributed by atoms with van der Waals surface area (Å²) in [6, 6.07) is 0. The summed E-state index contributed by atoms with van der Waals surface area (Å²) in [7, 11) is 0. The van der Waals surface area contributed by atoms with Crippen LogP contribution in [0.5, 0.6) is 0 Å². The Balaban J connectivity index is 2.18. The normalized spacial score (nSPS) is 39.2. The number of fused-ring (bicyclic) bond motifs is 4. The SMILES string of the molecule is CCOC12CCC(CCC1=O)CC2. The molecule has 0 spiro atoms. The second-order valence-electron chi connectivity index (χ2n) is 4.33. The second kappa shape index (κ2) is 3.41. The lowest BCUT2D eigenvalue weighted by Gasteiger charge is -2.34. The molecular weight excluding hydrogens is 164 g/mol. The highest BCUT2D eigenvalue weighted by atomic mass is 16.5. The highest BCUT2D eigenvalue weighted by Gasteiger charge is 2.44. The minimum Gasteiger partial charge on any atom is -0.368 e. The van der Waals surface area contributed by atoms with Crippen molar-refractivity contribution >= 4 is 5.78 Å². The van der Waals surface area contributed by atoms with E-state index in [0.29, 0.717) is 12.4 Å². The molecule has 3 aliphatic carbocycles. The molecule has 13 heavy (non-hydrogen) atoms. The highest BCUT2D eigenvalue weighted by Crippen LogP contribution is 2.42. The maximum atomic E-state index is 11.9. The molecule has 0 unspecified atom stereocenters. The van der Waals surface area contributed by atoms with Crippen LogP contribution in [0.4, 0.5) is 0 Å². The first-order valence-corrected chi connectivity index (χ1v) is 5.44. The van der Waals surface area contributed by atoms with E-state index < -0.39 is 0 Å². The molecule has 74 valence electrons. The van der Waals surface area contributed by atoms with Gasteiger partial charge in [0, 0.05) is 13.0 Å². The van der Waals surface area contributed by atoms with Crippen LogP contribution in [0.15, 0.2) is 0 Å². The van der Waals surface area contributed by atoms with Gasteiger partial charge in [-0.1, -0.05) is 0 Å². The van der Waals surface area contributed by atoms with Crippen molar-refractivity contribution in [2.45, 2.75) is 51.0 Å². The largest absolute Gasteiger partial charge is 0.368 e. The van der Waals surface area contributed by atoms with Crippen LogP contribution >= 0.6 is 0 Å². The molecule has 0 aromatic carbocycles. The van der Waals surface area contributed by atoms with Crippen molar-refractivity contribution in [2.24, 2.45) is 5.92 Å². The van der Waals surface area contributed by atoms with Gasteiger partial charge in [0.25, 0.3) is 0 Å². The van der Waals surface area contributed by atoms with Gasteiger partial charge in [0.05, 0.1) is 0 Å². The van der Waals surface area contributed by atoms with Crippen LogP contribution in [0.3, 0.4) is 0 Å². The molecule has 0 atom stereocenters. The molecule has 0 aromatic heterocycles. The summed E-state index contributed by atoms with van der Waals surface area (Å²) in [6.07, 6.45) is 6.21. The Morgan fingerprint density at radius 3 is 2.69 bits per heavy atom. The van der Waals surface area contributed by atoms with Crippen LogP contribution in [0.2, 0.25) is 0 Å². The van der Waals surface area contributed by atoms with Gasteiger partial charge in [-0.05, 0) is 44.9 Å². The van der Waals surface area contributed by atoms with Crippen molar-refractivity contribution in [3.05, 3.63) is 0 Å². The maximum absolute atomic E-state index is 11.9. The number of carbonyl (C=O) groups excluding carboxylic acids is 1. The minimum absolute atomic E-state index is 0.359. The molecule has 2 bridgehead atoms.